The van der Waals surface area contributed by atoms with E-state index in [1.54, 1.807) is 18.2 Å². The van der Waals surface area contributed by atoms with Crippen LogP contribution < -0.4 is 10.2 Å². The number of amides is 2. The Hall–Kier alpha value is -2.04. The first-order chi connectivity index (χ1) is 11.9. The van der Waals surface area contributed by atoms with Crippen LogP contribution in [0.4, 0.5) is 5.69 Å². The number of anilines is 1. The lowest BCUT2D eigenvalue weighted by Gasteiger charge is -2.23. The van der Waals surface area contributed by atoms with Gasteiger partial charge in [0.1, 0.15) is 0 Å². The predicted octanol–water partition coefficient (Wildman–Crippen LogP) is 4.61. The van der Waals surface area contributed by atoms with Gasteiger partial charge in [0.15, 0.2) is 0 Å². The lowest BCUT2D eigenvalue weighted by Crippen LogP contribution is -2.34. The van der Waals surface area contributed by atoms with Gasteiger partial charge < -0.3 is 10.2 Å². The van der Waals surface area contributed by atoms with E-state index in [2.05, 4.69) is 5.32 Å². The molecule has 0 fully saturated rings. The van der Waals surface area contributed by atoms with Crippen molar-refractivity contribution in [2.75, 3.05) is 11.4 Å². The highest BCUT2D eigenvalue weighted by molar-refractivity contribution is 6.35. The summed E-state index contributed by atoms with van der Waals surface area (Å²) in [6.07, 6.45) is 0.166. The first kappa shape index (κ1) is 19.3. The van der Waals surface area contributed by atoms with Crippen LogP contribution in [0.15, 0.2) is 48.5 Å². The molecular weight excluding hydrogens is 359 g/mol. The lowest BCUT2D eigenvalue weighted by atomic mass is 10.1. The molecule has 0 aliphatic rings. The molecule has 2 amide bonds. The minimum Gasteiger partial charge on any atom is -0.350 e. The smallest absolute Gasteiger partial charge is 0.223 e. The first-order valence-electron chi connectivity index (χ1n) is 7.96. The van der Waals surface area contributed by atoms with Crippen molar-refractivity contribution in [3.8, 4) is 0 Å². The van der Waals surface area contributed by atoms with Gasteiger partial charge in [-0.05, 0) is 30.7 Å². The fourth-order valence-electron chi connectivity index (χ4n) is 2.49. The van der Waals surface area contributed by atoms with Crippen LogP contribution in [-0.2, 0) is 9.59 Å². The summed E-state index contributed by atoms with van der Waals surface area (Å²) in [4.78, 5) is 25.6. The Bertz CT molecular complexity index is 750. The Morgan fingerprint density at radius 1 is 1.12 bits per heavy atom. The van der Waals surface area contributed by atoms with Crippen molar-refractivity contribution in [3.63, 3.8) is 0 Å². The zero-order valence-electron chi connectivity index (χ0n) is 14.1. The van der Waals surface area contributed by atoms with Crippen LogP contribution in [0.1, 0.15) is 31.9 Å². The second-order valence-corrected chi connectivity index (χ2v) is 6.56. The predicted molar refractivity (Wildman–Crippen MR) is 102 cm³/mol. The first-order valence-corrected chi connectivity index (χ1v) is 8.71. The summed E-state index contributed by atoms with van der Waals surface area (Å²) >= 11 is 12.2. The van der Waals surface area contributed by atoms with Crippen molar-refractivity contribution in [3.05, 3.63) is 64.1 Å². The molecule has 0 radical (unpaired) electrons. The van der Waals surface area contributed by atoms with E-state index >= 15 is 0 Å². The second-order valence-electron chi connectivity index (χ2n) is 5.72. The minimum atomic E-state index is -0.201. The Labute approximate surface area is 157 Å². The number of nitrogens with one attached hydrogen (secondary N) is 1. The molecule has 25 heavy (non-hydrogen) atoms. The summed E-state index contributed by atoms with van der Waals surface area (Å²) in [5.74, 6) is -0.339. The van der Waals surface area contributed by atoms with Crippen LogP contribution in [-0.4, -0.2) is 18.4 Å². The van der Waals surface area contributed by atoms with Gasteiger partial charge in [-0.3, -0.25) is 9.59 Å². The second kappa shape index (κ2) is 8.88. The van der Waals surface area contributed by atoms with E-state index in [4.69, 9.17) is 23.2 Å². The van der Waals surface area contributed by atoms with E-state index in [1.807, 2.05) is 37.3 Å². The summed E-state index contributed by atoms with van der Waals surface area (Å²) in [7, 11) is 0. The van der Waals surface area contributed by atoms with E-state index in [-0.39, 0.29) is 30.8 Å². The van der Waals surface area contributed by atoms with Gasteiger partial charge in [0, 0.05) is 24.9 Å². The number of benzene rings is 2. The number of carbonyl (C=O) groups excluding carboxylic acids is 2. The van der Waals surface area contributed by atoms with E-state index in [9.17, 15) is 9.59 Å². The maximum atomic E-state index is 12.2. The largest absolute Gasteiger partial charge is 0.350 e. The van der Waals surface area contributed by atoms with Crippen molar-refractivity contribution < 1.29 is 9.59 Å². The Balaban J connectivity index is 2.00. The molecule has 132 valence electrons. The fraction of sp³-hybridized carbons (Fsp3) is 0.263. The van der Waals surface area contributed by atoms with E-state index in [0.717, 1.165) is 5.56 Å². The third kappa shape index (κ3) is 5.48. The van der Waals surface area contributed by atoms with Gasteiger partial charge in [-0.15, -0.1) is 0 Å². The highest BCUT2D eigenvalue weighted by Gasteiger charge is 2.17. The van der Waals surface area contributed by atoms with Crippen molar-refractivity contribution in [2.24, 2.45) is 0 Å². The number of hydrogen-bond acceptors (Lipinski definition) is 2. The maximum Gasteiger partial charge on any atom is 0.223 e. The fourth-order valence-corrected chi connectivity index (χ4v) is 2.88. The van der Waals surface area contributed by atoms with Gasteiger partial charge >= 0.3 is 0 Å². The number of hydrogen-bond donors (Lipinski definition) is 1. The number of halogens is 2. The zero-order valence-corrected chi connectivity index (χ0v) is 15.6. The highest BCUT2D eigenvalue weighted by atomic mass is 35.5. The average Bonchev–Trinajstić information content (AvgIpc) is 2.58. The molecule has 2 aromatic rings. The van der Waals surface area contributed by atoms with Gasteiger partial charge in [-0.1, -0.05) is 53.5 Å². The normalized spacial score (nSPS) is 11.7. The molecule has 0 heterocycles. The van der Waals surface area contributed by atoms with E-state index in [1.165, 1.54) is 11.8 Å². The highest BCUT2D eigenvalue weighted by Crippen LogP contribution is 2.29. The molecule has 0 aliphatic carbocycles. The molecular formula is C19H20Cl2N2O2. The van der Waals surface area contributed by atoms with Crippen LogP contribution in [0.25, 0.3) is 0 Å². The Morgan fingerprint density at radius 2 is 1.80 bits per heavy atom. The van der Waals surface area contributed by atoms with Gasteiger partial charge in [0.25, 0.3) is 0 Å². The van der Waals surface area contributed by atoms with Gasteiger partial charge in [0.05, 0.1) is 16.8 Å². The molecule has 6 heteroatoms. The molecule has 1 atom stereocenters. The Kier molecular flexibility index (Phi) is 6.85. The summed E-state index contributed by atoms with van der Waals surface area (Å²) in [5.41, 5.74) is 1.53. The lowest BCUT2D eigenvalue weighted by molar-refractivity contribution is -0.121. The van der Waals surface area contributed by atoms with Gasteiger partial charge in [-0.25, -0.2) is 0 Å². The molecule has 2 aromatic carbocycles. The molecule has 1 N–H and O–H groups in total. The van der Waals surface area contributed by atoms with Crippen LogP contribution in [0.5, 0.6) is 0 Å². The van der Waals surface area contributed by atoms with Crippen LogP contribution in [0.3, 0.4) is 0 Å². The summed E-state index contributed by atoms with van der Waals surface area (Å²) in [6.45, 7) is 3.58. The van der Waals surface area contributed by atoms with Crippen LogP contribution in [0.2, 0.25) is 10.0 Å². The number of rotatable bonds is 6. The molecule has 0 bridgehead atoms. The summed E-state index contributed by atoms with van der Waals surface area (Å²) < 4.78 is 0. The third-order valence-corrected chi connectivity index (χ3v) is 4.37. The minimum absolute atomic E-state index is 0.103. The third-order valence-electron chi connectivity index (χ3n) is 3.82. The molecule has 0 aromatic heterocycles. The zero-order chi connectivity index (χ0) is 18.4. The number of carbonyl (C=O) groups is 2. The quantitative estimate of drug-likeness (QED) is 0.797. The maximum absolute atomic E-state index is 12.2. The van der Waals surface area contributed by atoms with Crippen LogP contribution in [0, 0.1) is 0 Å². The van der Waals surface area contributed by atoms with Crippen LogP contribution >= 0.6 is 23.2 Å². The van der Waals surface area contributed by atoms with Gasteiger partial charge in [0.2, 0.25) is 11.8 Å². The molecule has 2 rings (SSSR count). The van der Waals surface area contributed by atoms with Crippen molar-refractivity contribution in [2.45, 2.75) is 26.3 Å². The SMILES string of the molecule is CC(=O)N(CCC(=O)NC(C)c1ccccc1)c1cc(Cl)ccc1Cl. The average molecular weight is 379 g/mol. The standard InChI is InChI=1S/C19H20Cl2N2O2/c1-13(15-6-4-3-5-7-15)22-19(25)10-11-23(14(2)24)18-12-16(20)8-9-17(18)21/h3-9,12-13H,10-11H2,1-2H3,(H,22,25). The monoisotopic (exact) mass is 378 g/mol. The van der Waals surface area contributed by atoms with Gasteiger partial charge in [-0.2, -0.15) is 0 Å². The summed E-state index contributed by atoms with van der Waals surface area (Å²) in [6, 6.07) is 14.5. The molecule has 1 unspecified atom stereocenters. The van der Waals surface area contributed by atoms with Crippen molar-refractivity contribution in [1.82, 2.24) is 5.32 Å². The van der Waals surface area contributed by atoms with Crippen molar-refractivity contribution >= 4 is 40.7 Å². The molecule has 4 nitrogen and oxygen atoms in total. The number of nitrogens with zero attached hydrogens (tertiary/aromatic N) is 1. The van der Waals surface area contributed by atoms with E-state index in [0.29, 0.717) is 15.7 Å². The molecule has 0 saturated heterocycles. The molecule has 0 saturated carbocycles. The van der Waals surface area contributed by atoms with Crippen molar-refractivity contribution in [1.29, 1.82) is 0 Å². The van der Waals surface area contributed by atoms with E-state index < -0.39 is 0 Å². The molecule has 0 spiro atoms. The molecule has 0 aliphatic heterocycles. The summed E-state index contributed by atoms with van der Waals surface area (Å²) in [5, 5.41) is 3.83. The Morgan fingerprint density at radius 3 is 2.44 bits per heavy atom. The topological polar surface area (TPSA) is 49.4 Å².